The van der Waals surface area contributed by atoms with Gasteiger partial charge in [0.1, 0.15) is 5.75 Å². The predicted octanol–water partition coefficient (Wildman–Crippen LogP) is 5.32. The number of ketones is 1. The monoisotopic (exact) mass is 320 g/mol. The third-order valence-electron chi connectivity index (χ3n) is 3.45. The summed E-state index contributed by atoms with van der Waals surface area (Å²) in [5, 5.41) is 0. The number of hydrogen-bond acceptors (Lipinski definition) is 3. The fourth-order valence-corrected chi connectivity index (χ4v) is 3.13. The Kier molecular flexibility index (Phi) is 4.69. The van der Waals surface area contributed by atoms with Crippen molar-refractivity contribution in [2.24, 2.45) is 0 Å². The van der Waals surface area contributed by atoms with Crippen molar-refractivity contribution in [2.75, 3.05) is 7.11 Å². The summed E-state index contributed by atoms with van der Waals surface area (Å²) >= 11 is 1.50. The highest BCUT2D eigenvalue weighted by Gasteiger charge is 2.08. The Balaban J connectivity index is 1.75. The van der Waals surface area contributed by atoms with Gasteiger partial charge in [0, 0.05) is 4.88 Å². The van der Waals surface area contributed by atoms with E-state index in [1.54, 1.807) is 13.2 Å². The van der Waals surface area contributed by atoms with Crippen molar-refractivity contribution in [1.29, 1.82) is 0 Å². The van der Waals surface area contributed by atoms with Crippen LogP contribution < -0.4 is 4.74 Å². The summed E-state index contributed by atoms with van der Waals surface area (Å²) in [6.45, 7) is 0. The molecule has 0 saturated carbocycles. The lowest BCUT2D eigenvalue weighted by Crippen LogP contribution is -1.88. The molecule has 3 rings (SSSR count). The molecule has 0 amide bonds. The molecule has 0 saturated heterocycles. The molecule has 0 spiro atoms. The van der Waals surface area contributed by atoms with Crippen LogP contribution >= 0.6 is 11.3 Å². The van der Waals surface area contributed by atoms with Crippen LogP contribution in [0.1, 0.15) is 15.2 Å². The Bertz CT molecular complexity index is 814. The van der Waals surface area contributed by atoms with E-state index in [0.717, 1.165) is 26.6 Å². The maximum Gasteiger partial charge on any atom is 0.195 e. The summed E-state index contributed by atoms with van der Waals surface area (Å²) in [7, 11) is 1.65. The lowest BCUT2D eigenvalue weighted by molar-refractivity contribution is 0.105. The molecule has 2 nitrogen and oxygen atoms in total. The van der Waals surface area contributed by atoms with Crippen LogP contribution in [0.4, 0.5) is 0 Å². The topological polar surface area (TPSA) is 26.3 Å². The molecule has 0 bridgehead atoms. The lowest BCUT2D eigenvalue weighted by atomic mass is 10.1. The molecule has 0 N–H and O–H groups in total. The Hall–Kier alpha value is -2.65. The minimum Gasteiger partial charge on any atom is -0.497 e. The first-order chi connectivity index (χ1) is 11.3. The van der Waals surface area contributed by atoms with Crippen molar-refractivity contribution < 1.29 is 9.53 Å². The fraction of sp³-hybridized carbons (Fsp3) is 0.0500. The van der Waals surface area contributed by atoms with Crippen LogP contribution in [0.2, 0.25) is 0 Å². The maximum atomic E-state index is 12.3. The van der Waals surface area contributed by atoms with Crippen molar-refractivity contribution in [2.45, 2.75) is 0 Å². The zero-order valence-corrected chi connectivity index (χ0v) is 13.5. The van der Waals surface area contributed by atoms with Crippen LogP contribution in [0.15, 0.2) is 72.8 Å². The largest absolute Gasteiger partial charge is 0.497 e. The van der Waals surface area contributed by atoms with Gasteiger partial charge in [-0.15, -0.1) is 11.3 Å². The van der Waals surface area contributed by atoms with E-state index in [2.05, 4.69) is 0 Å². The summed E-state index contributed by atoms with van der Waals surface area (Å²) in [5.41, 5.74) is 2.11. The first-order valence-electron chi connectivity index (χ1n) is 7.28. The Morgan fingerprint density at radius 2 is 1.70 bits per heavy atom. The molecule has 0 aliphatic rings. The molecular weight excluding hydrogens is 304 g/mol. The van der Waals surface area contributed by atoms with E-state index >= 15 is 0 Å². The minimum atomic E-state index is 0.0265. The van der Waals surface area contributed by atoms with Gasteiger partial charge in [-0.25, -0.2) is 0 Å². The van der Waals surface area contributed by atoms with E-state index in [4.69, 9.17) is 4.74 Å². The maximum absolute atomic E-state index is 12.3. The smallest absolute Gasteiger partial charge is 0.195 e. The van der Waals surface area contributed by atoms with Gasteiger partial charge in [0.2, 0.25) is 0 Å². The second-order valence-electron chi connectivity index (χ2n) is 5.00. The predicted molar refractivity (Wildman–Crippen MR) is 96.1 cm³/mol. The normalized spacial score (nSPS) is 10.8. The van der Waals surface area contributed by atoms with E-state index in [1.807, 2.05) is 72.8 Å². The fourth-order valence-electron chi connectivity index (χ4n) is 2.20. The number of allylic oxidation sites excluding steroid dienone is 1. The van der Waals surface area contributed by atoms with Crippen molar-refractivity contribution in [1.82, 2.24) is 0 Å². The molecule has 3 heteroatoms. The van der Waals surface area contributed by atoms with Gasteiger partial charge >= 0.3 is 0 Å². The minimum absolute atomic E-state index is 0.0265. The molecule has 0 fully saturated rings. The van der Waals surface area contributed by atoms with E-state index < -0.39 is 0 Å². The van der Waals surface area contributed by atoms with Gasteiger partial charge in [-0.05, 0) is 53.6 Å². The number of carbonyl (C=O) groups excluding carboxylic acids is 1. The summed E-state index contributed by atoms with van der Waals surface area (Å²) in [5.74, 6) is 0.853. The van der Waals surface area contributed by atoms with Gasteiger partial charge in [-0.3, -0.25) is 4.79 Å². The second kappa shape index (κ2) is 7.07. The van der Waals surface area contributed by atoms with E-state index in [1.165, 1.54) is 11.3 Å². The van der Waals surface area contributed by atoms with Crippen molar-refractivity contribution in [3.05, 3.63) is 83.2 Å². The van der Waals surface area contributed by atoms with Crippen LogP contribution in [0.3, 0.4) is 0 Å². The van der Waals surface area contributed by atoms with Crippen molar-refractivity contribution in [3.8, 4) is 16.2 Å². The van der Waals surface area contributed by atoms with Gasteiger partial charge < -0.3 is 4.74 Å². The van der Waals surface area contributed by atoms with Gasteiger partial charge in [0.15, 0.2) is 5.78 Å². The number of thiophene rings is 1. The molecule has 114 valence electrons. The number of hydrogen-bond donors (Lipinski definition) is 0. The molecule has 0 aliphatic heterocycles. The molecule has 0 aliphatic carbocycles. The van der Waals surface area contributed by atoms with Crippen molar-refractivity contribution in [3.63, 3.8) is 0 Å². The summed E-state index contributed by atoms with van der Waals surface area (Å²) in [6.07, 6.45) is 3.47. The second-order valence-corrected chi connectivity index (χ2v) is 6.08. The van der Waals surface area contributed by atoms with E-state index in [-0.39, 0.29) is 5.78 Å². The summed E-state index contributed by atoms with van der Waals surface area (Å²) in [4.78, 5) is 14.1. The average Bonchev–Trinajstić information content (AvgIpc) is 3.11. The Labute approximate surface area is 139 Å². The van der Waals surface area contributed by atoms with Crippen LogP contribution in [-0.4, -0.2) is 12.9 Å². The highest BCUT2D eigenvalue weighted by atomic mass is 32.1. The van der Waals surface area contributed by atoms with Gasteiger partial charge in [0.25, 0.3) is 0 Å². The molecule has 3 aromatic rings. The zero-order chi connectivity index (χ0) is 16.1. The van der Waals surface area contributed by atoms with Crippen LogP contribution in [0, 0.1) is 0 Å². The van der Waals surface area contributed by atoms with Gasteiger partial charge in [-0.2, -0.15) is 0 Å². The van der Waals surface area contributed by atoms with Gasteiger partial charge in [0.05, 0.1) is 12.0 Å². The summed E-state index contributed by atoms with van der Waals surface area (Å²) in [6, 6.07) is 21.5. The quantitative estimate of drug-likeness (QED) is 0.470. The SMILES string of the molecule is COc1ccc(-c2ccc(C(=O)/C=C/c3ccccc3)s2)cc1. The Morgan fingerprint density at radius 1 is 0.957 bits per heavy atom. The number of ether oxygens (including phenoxy) is 1. The summed E-state index contributed by atoms with van der Waals surface area (Å²) < 4.78 is 5.16. The molecule has 0 atom stereocenters. The molecule has 1 heterocycles. The molecule has 2 aromatic carbocycles. The molecular formula is C20H16O2S. The standard InChI is InChI=1S/C20H16O2S/c1-22-17-10-8-16(9-11-17)19-13-14-20(23-19)18(21)12-7-15-5-3-2-4-6-15/h2-14H,1H3/b12-7+. The number of rotatable bonds is 5. The lowest BCUT2D eigenvalue weighted by Gasteiger charge is -2.00. The van der Waals surface area contributed by atoms with E-state index in [9.17, 15) is 4.79 Å². The average molecular weight is 320 g/mol. The number of benzene rings is 2. The van der Waals surface area contributed by atoms with Gasteiger partial charge in [-0.1, -0.05) is 36.4 Å². The molecule has 0 radical (unpaired) electrons. The molecule has 1 aromatic heterocycles. The van der Waals surface area contributed by atoms with Crippen LogP contribution in [0.5, 0.6) is 5.75 Å². The Morgan fingerprint density at radius 3 is 2.39 bits per heavy atom. The molecule has 23 heavy (non-hydrogen) atoms. The first kappa shape index (κ1) is 15.3. The van der Waals surface area contributed by atoms with E-state index in [0.29, 0.717) is 0 Å². The number of methoxy groups -OCH3 is 1. The molecule has 0 unspecified atom stereocenters. The first-order valence-corrected chi connectivity index (χ1v) is 8.09. The highest BCUT2D eigenvalue weighted by Crippen LogP contribution is 2.29. The van der Waals surface area contributed by atoms with Crippen molar-refractivity contribution >= 4 is 23.2 Å². The highest BCUT2D eigenvalue weighted by molar-refractivity contribution is 7.17. The van der Waals surface area contributed by atoms with Crippen LogP contribution in [-0.2, 0) is 0 Å². The van der Waals surface area contributed by atoms with Crippen LogP contribution in [0.25, 0.3) is 16.5 Å². The zero-order valence-electron chi connectivity index (χ0n) is 12.7. The third kappa shape index (κ3) is 3.76. The third-order valence-corrected chi connectivity index (χ3v) is 4.60. The number of carbonyl (C=O) groups is 1.